The van der Waals surface area contributed by atoms with Crippen molar-refractivity contribution in [2.45, 2.75) is 50.3 Å². The number of amides is 1. The van der Waals surface area contributed by atoms with E-state index < -0.39 is 22.2 Å². The first-order valence-corrected chi connectivity index (χ1v) is 13.7. The molecule has 10 nitrogen and oxygen atoms in total. The second-order valence-corrected chi connectivity index (χ2v) is 12.0. The first kappa shape index (κ1) is 25.1. The molecule has 0 saturated carbocycles. The van der Waals surface area contributed by atoms with Crippen molar-refractivity contribution in [1.82, 2.24) is 14.5 Å². The van der Waals surface area contributed by atoms with E-state index in [-0.39, 0.29) is 35.7 Å². The predicted octanol–water partition coefficient (Wildman–Crippen LogP) is 0.00600. The molecule has 4 rings (SSSR count). The molecule has 6 atom stereocenters. The van der Waals surface area contributed by atoms with Crippen LogP contribution in [0, 0.1) is 11.8 Å². The highest BCUT2D eigenvalue weighted by Gasteiger charge is 2.58. The highest BCUT2D eigenvalue weighted by atomic mass is 32.2. The molecule has 3 aliphatic rings. The average Bonchev–Trinajstić information content (AvgIpc) is 3.24. The van der Waals surface area contributed by atoms with Gasteiger partial charge in [0.25, 0.3) is 10.2 Å². The molecule has 1 amide bonds. The molecule has 34 heavy (non-hydrogen) atoms. The van der Waals surface area contributed by atoms with Crippen LogP contribution in [0.3, 0.4) is 0 Å². The van der Waals surface area contributed by atoms with E-state index in [0.717, 1.165) is 16.8 Å². The number of aliphatic hydroxyl groups is 1. The summed E-state index contributed by atoms with van der Waals surface area (Å²) in [7, 11) is -3.83. The number of aliphatic hydroxyl groups excluding tert-OH is 1. The second kappa shape index (κ2) is 9.59. The number of carbonyl (C=O) groups is 2. The van der Waals surface area contributed by atoms with Gasteiger partial charge in [-0.2, -0.15) is 8.42 Å². The van der Waals surface area contributed by atoms with Gasteiger partial charge in [0, 0.05) is 47.4 Å². The van der Waals surface area contributed by atoms with Gasteiger partial charge in [0.2, 0.25) is 5.91 Å². The van der Waals surface area contributed by atoms with Crippen molar-refractivity contribution in [3.63, 3.8) is 0 Å². The molecule has 2 saturated heterocycles. The Kier molecular flexibility index (Phi) is 7.09. The number of benzene rings is 1. The number of hydrogen-bond donors (Lipinski definition) is 4. The van der Waals surface area contributed by atoms with Crippen molar-refractivity contribution in [2.75, 3.05) is 18.8 Å². The summed E-state index contributed by atoms with van der Waals surface area (Å²) in [6.45, 7) is 5.05. The molecule has 0 aliphatic carbocycles. The van der Waals surface area contributed by atoms with E-state index in [4.69, 9.17) is 10.9 Å². The average molecular weight is 510 g/mol. The molecule has 3 aliphatic heterocycles. The van der Waals surface area contributed by atoms with Crippen LogP contribution in [-0.2, 0) is 26.3 Å². The zero-order chi connectivity index (χ0) is 24.8. The Bertz CT molecular complexity index is 1090. The number of aldehydes is 1. The van der Waals surface area contributed by atoms with Crippen molar-refractivity contribution in [3.05, 3.63) is 40.4 Å². The van der Waals surface area contributed by atoms with Crippen molar-refractivity contribution in [1.29, 1.82) is 0 Å². The topological polar surface area (TPSA) is 159 Å². The summed E-state index contributed by atoms with van der Waals surface area (Å²) in [6, 6.07) is 7.25. The van der Waals surface area contributed by atoms with Crippen LogP contribution in [0.5, 0.6) is 0 Å². The summed E-state index contributed by atoms with van der Waals surface area (Å²) in [5.74, 6) is -0.772. The van der Waals surface area contributed by atoms with E-state index in [2.05, 4.69) is 9.62 Å². The fourth-order valence-electron chi connectivity index (χ4n) is 5.31. The SMILES string of the molecule is C[C@@H](O)[C@H]1C(=O)N2C(C=O)=C(S[C@H]3C[C@@H](CNS(N)(=O)=O)N(Cc4ccc(N)cc4)C3)[C@H](C)[C@H]12. The molecule has 6 N–H and O–H groups in total. The van der Waals surface area contributed by atoms with Gasteiger partial charge in [-0.25, -0.2) is 9.86 Å². The van der Waals surface area contributed by atoms with Crippen molar-refractivity contribution < 1.29 is 23.1 Å². The number of anilines is 1. The van der Waals surface area contributed by atoms with Crippen LogP contribution in [0.2, 0.25) is 0 Å². The van der Waals surface area contributed by atoms with Crippen LogP contribution >= 0.6 is 11.8 Å². The maximum Gasteiger partial charge on any atom is 0.274 e. The third-order valence-corrected chi connectivity index (χ3v) is 9.01. The quantitative estimate of drug-likeness (QED) is 0.206. The van der Waals surface area contributed by atoms with E-state index in [0.29, 0.717) is 30.9 Å². The standard InChI is InChI=1S/C22H31N5O5S2/c1-12-20-19(13(2)29)22(30)27(20)18(11-28)21(12)33-17-7-16(8-25-34(24,31)32)26(10-17)9-14-3-5-15(23)6-4-14/h3-6,11-13,16-17,19-20,25,29H,7-10,23H2,1-2H3,(H2,24,31,32)/t12-,13-,16+,17+,19-,20-/m1/s1. The maximum atomic E-state index is 12.6. The molecule has 0 unspecified atom stereocenters. The van der Waals surface area contributed by atoms with Gasteiger partial charge in [0.1, 0.15) is 0 Å². The predicted molar refractivity (Wildman–Crippen MR) is 130 cm³/mol. The van der Waals surface area contributed by atoms with Gasteiger partial charge < -0.3 is 15.7 Å². The molecular weight excluding hydrogens is 478 g/mol. The minimum Gasteiger partial charge on any atom is -0.399 e. The van der Waals surface area contributed by atoms with Crippen LogP contribution in [0.25, 0.3) is 0 Å². The van der Waals surface area contributed by atoms with Crippen molar-refractivity contribution >= 4 is 39.9 Å². The molecule has 0 bridgehead atoms. The number of nitrogens with zero attached hydrogens (tertiary/aromatic N) is 2. The number of allylic oxidation sites excluding steroid dienone is 1. The molecule has 0 radical (unpaired) electrons. The Morgan fingerprint density at radius 1 is 1.32 bits per heavy atom. The number of rotatable bonds is 9. The second-order valence-electron chi connectivity index (χ2n) is 9.32. The molecule has 12 heteroatoms. The van der Waals surface area contributed by atoms with Crippen LogP contribution < -0.4 is 15.6 Å². The number of β-lactam (4-membered cyclic amide) rings is 1. The molecule has 2 fully saturated rings. The van der Waals surface area contributed by atoms with Crippen molar-refractivity contribution in [3.8, 4) is 0 Å². The first-order valence-electron chi connectivity index (χ1n) is 11.2. The minimum absolute atomic E-state index is 0.0605. The summed E-state index contributed by atoms with van der Waals surface area (Å²) in [6.07, 6.45) is 0.642. The van der Waals surface area contributed by atoms with Gasteiger partial charge in [-0.15, -0.1) is 11.8 Å². The van der Waals surface area contributed by atoms with E-state index in [1.54, 1.807) is 18.7 Å². The number of carbonyl (C=O) groups excluding carboxylic acids is 2. The Morgan fingerprint density at radius 2 is 2.00 bits per heavy atom. The number of fused-ring (bicyclic) bond motifs is 1. The van der Waals surface area contributed by atoms with Crippen LogP contribution in [0.4, 0.5) is 5.69 Å². The first-order chi connectivity index (χ1) is 16.0. The van der Waals surface area contributed by atoms with E-state index in [9.17, 15) is 23.1 Å². The lowest BCUT2D eigenvalue weighted by molar-refractivity contribution is -0.160. The van der Waals surface area contributed by atoms with Crippen molar-refractivity contribution in [2.24, 2.45) is 17.0 Å². The third-order valence-electron chi connectivity index (χ3n) is 6.93. The van der Waals surface area contributed by atoms with E-state index in [1.807, 2.05) is 31.2 Å². The molecular formula is C22H31N5O5S2. The fraction of sp³-hybridized carbons (Fsp3) is 0.545. The largest absolute Gasteiger partial charge is 0.399 e. The van der Waals surface area contributed by atoms with Gasteiger partial charge in [0.15, 0.2) is 6.29 Å². The third kappa shape index (κ3) is 4.88. The van der Waals surface area contributed by atoms with Gasteiger partial charge in [-0.3, -0.25) is 14.5 Å². The highest BCUT2D eigenvalue weighted by molar-refractivity contribution is 8.03. The highest BCUT2D eigenvalue weighted by Crippen LogP contribution is 2.51. The van der Waals surface area contributed by atoms with Gasteiger partial charge >= 0.3 is 0 Å². The molecule has 186 valence electrons. The number of likely N-dealkylation sites (tertiary alicyclic amines) is 1. The minimum atomic E-state index is -3.83. The summed E-state index contributed by atoms with van der Waals surface area (Å²) < 4.78 is 25.4. The zero-order valence-electron chi connectivity index (χ0n) is 19.1. The van der Waals surface area contributed by atoms with E-state index in [1.165, 1.54) is 4.90 Å². The summed E-state index contributed by atoms with van der Waals surface area (Å²) in [5.41, 5.74) is 7.90. The lowest BCUT2D eigenvalue weighted by Crippen LogP contribution is -2.63. The number of nitrogen functional groups attached to an aromatic ring is 1. The fourth-order valence-corrected chi connectivity index (χ4v) is 7.30. The summed E-state index contributed by atoms with van der Waals surface area (Å²) in [4.78, 5) is 29.1. The molecule has 0 spiro atoms. The van der Waals surface area contributed by atoms with Gasteiger partial charge in [-0.1, -0.05) is 19.1 Å². The lowest BCUT2D eigenvalue weighted by Gasteiger charge is -2.46. The maximum absolute atomic E-state index is 12.6. The Labute approximate surface area is 203 Å². The van der Waals surface area contributed by atoms with Gasteiger partial charge in [-0.05, 0) is 31.0 Å². The Balaban J connectivity index is 1.51. The molecule has 1 aromatic carbocycles. The number of nitrogens with two attached hydrogens (primary N) is 2. The van der Waals surface area contributed by atoms with Crippen LogP contribution in [0.15, 0.2) is 34.9 Å². The summed E-state index contributed by atoms with van der Waals surface area (Å²) >= 11 is 1.58. The number of thioether (sulfide) groups is 1. The van der Waals surface area contributed by atoms with E-state index >= 15 is 0 Å². The smallest absolute Gasteiger partial charge is 0.274 e. The Morgan fingerprint density at radius 3 is 2.59 bits per heavy atom. The number of nitrogens with one attached hydrogen (secondary N) is 1. The summed E-state index contributed by atoms with van der Waals surface area (Å²) in [5, 5.41) is 15.3. The normalized spacial score (nSPS) is 30.4. The molecule has 1 aromatic rings. The van der Waals surface area contributed by atoms with Gasteiger partial charge in [0.05, 0.1) is 23.8 Å². The molecule has 0 aromatic heterocycles. The Hall–Kier alpha value is -1.96. The van der Waals surface area contributed by atoms with Crippen LogP contribution in [-0.4, -0.2) is 72.0 Å². The lowest BCUT2D eigenvalue weighted by atomic mass is 9.79. The molecule has 3 heterocycles. The van der Waals surface area contributed by atoms with Crippen LogP contribution in [0.1, 0.15) is 25.8 Å². The monoisotopic (exact) mass is 509 g/mol. The number of hydrogen-bond acceptors (Lipinski definition) is 8. The zero-order valence-corrected chi connectivity index (χ0v) is 20.8.